The van der Waals surface area contributed by atoms with Crippen LogP contribution in [0, 0.1) is 0 Å². The highest BCUT2D eigenvalue weighted by molar-refractivity contribution is 5.79. The average Bonchev–Trinajstić information content (AvgIpc) is 3.41. The minimum atomic E-state index is 0.302. The van der Waals surface area contributed by atoms with E-state index in [4.69, 9.17) is 14.5 Å². The largest absolute Gasteiger partial charge is 0.497 e. The molecule has 0 saturated carbocycles. The normalized spacial score (nSPS) is 22.0. The fourth-order valence-corrected chi connectivity index (χ4v) is 3.85. The molecular formula is C21H34N4O2. The molecule has 27 heavy (non-hydrogen) atoms. The molecule has 6 heteroatoms. The number of rotatable bonds is 8. The second kappa shape index (κ2) is 10.5. The third-order valence-corrected chi connectivity index (χ3v) is 5.37. The Morgan fingerprint density at radius 1 is 1.22 bits per heavy atom. The van der Waals surface area contributed by atoms with Crippen molar-refractivity contribution in [3.05, 3.63) is 29.8 Å². The van der Waals surface area contributed by atoms with Gasteiger partial charge in [-0.1, -0.05) is 12.1 Å². The number of ether oxygens (including phenoxy) is 2. The highest BCUT2D eigenvalue weighted by Crippen LogP contribution is 2.27. The van der Waals surface area contributed by atoms with Gasteiger partial charge in [0.1, 0.15) is 5.75 Å². The van der Waals surface area contributed by atoms with E-state index in [2.05, 4.69) is 34.6 Å². The summed E-state index contributed by atoms with van der Waals surface area (Å²) in [5.41, 5.74) is 1.30. The van der Waals surface area contributed by atoms with E-state index in [9.17, 15) is 0 Å². The molecular weight excluding hydrogens is 340 g/mol. The number of methoxy groups -OCH3 is 1. The molecule has 1 aromatic carbocycles. The van der Waals surface area contributed by atoms with Crippen molar-refractivity contribution < 1.29 is 9.47 Å². The van der Waals surface area contributed by atoms with Crippen molar-refractivity contribution in [3.63, 3.8) is 0 Å². The topological polar surface area (TPSA) is 58.1 Å². The van der Waals surface area contributed by atoms with Crippen molar-refractivity contribution in [2.75, 3.05) is 46.4 Å². The highest BCUT2D eigenvalue weighted by atomic mass is 16.5. The molecule has 150 valence electrons. The molecule has 2 atom stereocenters. The Morgan fingerprint density at radius 3 is 2.63 bits per heavy atom. The lowest BCUT2D eigenvalue weighted by molar-refractivity contribution is 0.113. The van der Waals surface area contributed by atoms with E-state index in [1.165, 1.54) is 18.4 Å². The van der Waals surface area contributed by atoms with Gasteiger partial charge < -0.3 is 20.1 Å². The summed E-state index contributed by atoms with van der Waals surface area (Å²) in [4.78, 5) is 7.45. The van der Waals surface area contributed by atoms with E-state index >= 15 is 0 Å². The van der Waals surface area contributed by atoms with Gasteiger partial charge in [-0.25, -0.2) is 0 Å². The van der Waals surface area contributed by atoms with Gasteiger partial charge in [-0.05, 0) is 63.4 Å². The number of aliphatic imine (C=N–C) groups is 1. The summed E-state index contributed by atoms with van der Waals surface area (Å²) in [7, 11) is 1.71. The van der Waals surface area contributed by atoms with Crippen molar-refractivity contribution in [1.82, 2.24) is 15.5 Å². The molecule has 2 N–H and O–H groups in total. The molecule has 2 aliphatic heterocycles. The Morgan fingerprint density at radius 2 is 2.00 bits per heavy atom. The van der Waals surface area contributed by atoms with E-state index < -0.39 is 0 Å². The van der Waals surface area contributed by atoms with E-state index in [1.807, 2.05) is 12.1 Å². The third-order valence-electron chi connectivity index (χ3n) is 5.37. The van der Waals surface area contributed by atoms with Gasteiger partial charge >= 0.3 is 0 Å². The molecule has 2 unspecified atom stereocenters. The maximum atomic E-state index is 5.71. The molecule has 3 rings (SSSR count). The van der Waals surface area contributed by atoms with Gasteiger partial charge in [-0.15, -0.1) is 0 Å². The van der Waals surface area contributed by atoms with Crippen molar-refractivity contribution >= 4 is 5.96 Å². The highest BCUT2D eigenvalue weighted by Gasteiger charge is 2.23. The Kier molecular flexibility index (Phi) is 7.78. The lowest BCUT2D eigenvalue weighted by Crippen LogP contribution is -2.41. The summed E-state index contributed by atoms with van der Waals surface area (Å²) in [6.45, 7) is 7.70. The first kappa shape index (κ1) is 20.0. The van der Waals surface area contributed by atoms with Crippen LogP contribution in [0.3, 0.4) is 0 Å². The van der Waals surface area contributed by atoms with Crippen LogP contribution in [0.15, 0.2) is 29.3 Å². The molecule has 6 nitrogen and oxygen atoms in total. The third kappa shape index (κ3) is 5.84. The Labute approximate surface area is 163 Å². The monoisotopic (exact) mass is 374 g/mol. The minimum absolute atomic E-state index is 0.302. The van der Waals surface area contributed by atoms with Crippen LogP contribution in [-0.2, 0) is 4.74 Å². The second-order valence-electron chi connectivity index (χ2n) is 7.27. The summed E-state index contributed by atoms with van der Waals surface area (Å²) >= 11 is 0. The predicted octanol–water partition coefficient (Wildman–Crippen LogP) is 2.57. The number of hydrogen-bond donors (Lipinski definition) is 2. The summed E-state index contributed by atoms with van der Waals surface area (Å²) in [5.74, 6) is 1.78. The first-order chi connectivity index (χ1) is 13.3. The van der Waals surface area contributed by atoms with Crippen molar-refractivity contribution in [2.45, 2.75) is 44.8 Å². The van der Waals surface area contributed by atoms with Crippen molar-refractivity contribution in [3.8, 4) is 5.75 Å². The van der Waals surface area contributed by atoms with Crippen LogP contribution in [-0.4, -0.2) is 63.4 Å². The first-order valence-corrected chi connectivity index (χ1v) is 10.3. The van der Waals surface area contributed by atoms with Gasteiger partial charge in [0.25, 0.3) is 0 Å². The smallest absolute Gasteiger partial charge is 0.191 e. The van der Waals surface area contributed by atoms with Crippen LogP contribution < -0.4 is 15.4 Å². The average molecular weight is 375 g/mol. The van der Waals surface area contributed by atoms with E-state index in [1.54, 1.807) is 7.11 Å². The number of likely N-dealkylation sites (tertiary alicyclic amines) is 1. The number of guanidine groups is 1. The molecule has 0 spiro atoms. The molecule has 0 aliphatic carbocycles. The molecule has 2 saturated heterocycles. The summed E-state index contributed by atoms with van der Waals surface area (Å²) < 4.78 is 11.0. The quantitative estimate of drug-likeness (QED) is 0.541. The van der Waals surface area contributed by atoms with Crippen LogP contribution in [0.4, 0.5) is 0 Å². The Hall–Kier alpha value is -1.79. The van der Waals surface area contributed by atoms with Crippen LogP contribution in [0.2, 0.25) is 0 Å². The zero-order chi connectivity index (χ0) is 18.9. The predicted molar refractivity (Wildman–Crippen MR) is 109 cm³/mol. The first-order valence-electron chi connectivity index (χ1n) is 10.3. The summed E-state index contributed by atoms with van der Waals surface area (Å²) in [6, 6.07) is 8.73. The van der Waals surface area contributed by atoms with Gasteiger partial charge in [0.15, 0.2) is 5.96 Å². The minimum Gasteiger partial charge on any atom is -0.497 e. The molecule has 2 heterocycles. The summed E-state index contributed by atoms with van der Waals surface area (Å²) in [6.07, 6.45) is 5.15. The van der Waals surface area contributed by atoms with Crippen molar-refractivity contribution in [1.29, 1.82) is 0 Å². The Bertz CT molecular complexity index is 578. The molecule has 2 fully saturated rings. The molecule has 0 amide bonds. The number of nitrogens with one attached hydrogen (secondary N) is 2. The zero-order valence-electron chi connectivity index (χ0n) is 16.7. The van der Waals surface area contributed by atoms with Crippen LogP contribution in [0.5, 0.6) is 5.75 Å². The van der Waals surface area contributed by atoms with Crippen molar-refractivity contribution in [2.24, 2.45) is 4.99 Å². The second-order valence-corrected chi connectivity index (χ2v) is 7.27. The van der Waals surface area contributed by atoms with Gasteiger partial charge in [-0.3, -0.25) is 9.89 Å². The fourth-order valence-electron chi connectivity index (χ4n) is 3.85. The maximum absolute atomic E-state index is 5.71. The van der Waals surface area contributed by atoms with Crippen LogP contribution in [0.25, 0.3) is 0 Å². The number of nitrogens with zero attached hydrogens (tertiary/aromatic N) is 2. The van der Waals surface area contributed by atoms with Gasteiger partial charge in [-0.2, -0.15) is 0 Å². The zero-order valence-corrected chi connectivity index (χ0v) is 16.7. The summed E-state index contributed by atoms with van der Waals surface area (Å²) in [5, 5.41) is 6.82. The SMILES string of the molecule is CCNC(=NCC(c1ccc(OC)cc1)N1CCCC1)NCC1CCCO1. The van der Waals surface area contributed by atoms with Gasteiger partial charge in [0.05, 0.1) is 25.8 Å². The number of benzene rings is 1. The van der Waals surface area contributed by atoms with Gasteiger partial charge in [0, 0.05) is 19.7 Å². The molecule has 1 aromatic rings. The molecule has 2 aliphatic rings. The van der Waals surface area contributed by atoms with Crippen LogP contribution in [0.1, 0.15) is 44.2 Å². The molecule has 0 bridgehead atoms. The van der Waals surface area contributed by atoms with E-state index in [0.29, 0.717) is 12.1 Å². The van der Waals surface area contributed by atoms with Crippen LogP contribution >= 0.6 is 0 Å². The van der Waals surface area contributed by atoms with E-state index in [0.717, 1.165) is 63.9 Å². The molecule has 0 aromatic heterocycles. The molecule has 0 radical (unpaired) electrons. The lowest BCUT2D eigenvalue weighted by atomic mass is 10.1. The van der Waals surface area contributed by atoms with Gasteiger partial charge in [0.2, 0.25) is 0 Å². The Balaban J connectivity index is 1.67. The van der Waals surface area contributed by atoms with E-state index in [-0.39, 0.29) is 0 Å². The standard InChI is InChI=1S/C21H34N4O2/c1-3-22-21(23-15-19-7-6-14-27-19)24-16-20(25-12-4-5-13-25)17-8-10-18(26-2)11-9-17/h8-11,19-20H,3-7,12-16H2,1-2H3,(H2,22,23,24). The number of hydrogen-bond acceptors (Lipinski definition) is 4. The maximum Gasteiger partial charge on any atom is 0.191 e. The fraction of sp³-hybridized carbons (Fsp3) is 0.667. The lowest BCUT2D eigenvalue weighted by Gasteiger charge is -2.27.